The van der Waals surface area contributed by atoms with E-state index >= 15 is 0 Å². The van der Waals surface area contributed by atoms with Gasteiger partial charge in [-0.2, -0.15) is 0 Å². The van der Waals surface area contributed by atoms with Crippen molar-refractivity contribution < 1.29 is 105 Å². The highest BCUT2D eigenvalue weighted by Crippen LogP contribution is 2.19. The molecule has 846 valence electrons. The Labute approximate surface area is 872 Å². The summed E-state index contributed by atoms with van der Waals surface area (Å²) in [5, 5.41) is 54.7. The molecule has 0 unspecified atom stereocenters. The molecule has 22 amide bonds. The zero-order chi connectivity index (χ0) is 113. The fourth-order valence-electron chi connectivity index (χ4n) is 15.1. The zero-order valence-corrected chi connectivity index (χ0v) is 90.7. The molecule has 0 aliphatic carbocycles. The Hall–Kier alpha value is -11.9. The van der Waals surface area contributed by atoms with Gasteiger partial charge in [0.1, 0.15) is 109 Å². The first kappa shape index (κ1) is 136. The third kappa shape index (κ3) is 52.3. The fourth-order valence-corrected chi connectivity index (χ4v) is 15.1. The van der Waals surface area contributed by atoms with Crippen LogP contribution in [-0.2, 0) is 105 Å². The summed E-state index contributed by atoms with van der Waals surface area (Å²) in [6.07, 6.45) is 7.52. The highest BCUT2D eigenvalue weighted by atomic mass is 16.2. The van der Waals surface area contributed by atoms with Gasteiger partial charge in [0.25, 0.3) is 0 Å². The monoisotopic (exact) mass is 2100 g/mol. The van der Waals surface area contributed by atoms with E-state index in [9.17, 15) is 105 Å². The molecule has 148 heavy (non-hydrogen) atoms. The summed E-state index contributed by atoms with van der Waals surface area (Å²) in [4.78, 5) is 302. The van der Waals surface area contributed by atoms with Crippen molar-refractivity contribution in [2.75, 3.05) is 58.9 Å². The summed E-state index contributed by atoms with van der Waals surface area (Å²) in [7, 11) is 0. The maximum Gasteiger partial charge on any atom is 0.243 e. The first-order valence-corrected chi connectivity index (χ1v) is 52.6. The molecule has 0 aliphatic rings. The van der Waals surface area contributed by atoms with Gasteiger partial charge in [0, 0.05) is 6.92 Å². The molecule has 0 aliphatic heterocycles. The van der Waals surface area contributed by atoms with Crippen LogP contribution in [0.25, 0.3) is 0 Å². The topological polar surface area (TPSA) is 810 Å². The largest absolute Gasteiger partial charge is 0.368 e. The van der Waals surface area contributed by atoms with Gasteiger partial charge in [-0.1, -0.05) is 122 Å². The van der Waals surface area contributed by atoms with E-state index < -0.39 is 294 Å². The number of hydrogen-bond donors (Lipinski definition) is 28. The molecule has 0 rings (SSSR count). The SMILES string of the molecule is CC[C@H](C)[C@H](NC(=O)[C@H](CCCCN)NC(=O)CNC(=O)[C@H](C)NC(=O)[C@@H](NC(=O)[C@H](CCCCN)NC(=O)[C@H](C)NC(=O)[C@@H](NC(=O)[C@H](CCCCN)NC(=O)CNC(=O)[C@H](C)NC(=O)[C@@H](NC(=O)[C@H](CCCCN)NC(=O)[C@H](C)NC(=O)[C@@H](NC(=O)[C@H](CCCCN)NC(=O)CNC(=O)[C@H](C)NC(=O)[C@@H](NC(=O)[C@H](CCCCN)NC(C)=O)[C@@H](C)CC)[C@@H](C)CC)[C@@H](C)CC)[C@@H](C)CC)[C@@H](C)CC)C(=O)N[C@@H](C)C(N)=O. The van der Waals surface area contributed by atoms with E-state index in [2.05, 4.69) is 112 Å². The predicted octanol–water partition coefficient (Wildman–Crippen LogP) is -5.26. The number of unbranched alkanes of at least 4 members (excludes halogenated alkanes) is 6. The van der Waals surface area contributed by atoms with Crippen LogP contribution in [0.4, 0.5) is 0 Å². The number of carbonyl (C=O) groups excluding carboxylic acids is 22. The van der Waals surface area contributed by atoms with E-state index in [0.717, 1.165) is 0 Å². The minimum Gasteiger partial charge on any atom is -0.368 e. The first-order chi connectivity index (χ1) is 69.8. The maximum atomic E-state index is 14.4. The van der Waals surface area contributed by atoms with Gasteiger partial charge in [-0.3, -0.25) is 105 Å². The maximum absolute atomic E-state index is 14.4. The van der Waals surface area contributed by atoms with Crippen molar-refractivity contribution in [2.24, 2.45) is 75.6 Å². The van der Waals surface area contributed by atoms with Crippen LogP contribution in [-0.4, -0.2) is 298 Å². The van der Waals surface area contributed by atoms with Crippen LogP contribution in [0.1, 0.15) is 286 Å². The van der Waals surface area contributed by atoms with Crippen molar-refractivity contribution in [2.45, 2.75) is 394 Å². The minimum atomic E-state index is -1.37. The summed E-state index contributed by atoms with van der Waals surface area (Å²) in [6.45, 7) is 29.5. The van der Waals surface area contributed by atoms with Crippen LogP contribution >= 0.6 is 0 Å². The summed E-state index contributed by atoms with van der Waals surface area (Å²) >= 11 is 0. The Balaban J connectivity index is 6.51. The molecule has 0 saturated heterocycles. The van der Waals surface area contributed by atoms with Crippen LogP contribution in [0.2, 0.25) is 0 Å². The Morgan fingerprint density at radius 3 is 0.514 bits per heavy atom. The number of amides is 22. The molecule has 0 heterocycles. The van der Waals surface area contributed by atoms with Crippen molar-refractivity contribution >= 4 is 130 Å². The molecule has 35 N–H and O–H groups in total. The van der Waals surface area contributed by atoms with E-state index in [1.54, 1.807) is 83.1 Å². The molecule has 50 nitrogen and oxygen atoms in total. The highest BCUT2D eigenvalue weighted by Gasteiger charge is 2.41. The molecular weight excluding hydrogens is 1920 g/mol. The fraction of sp³-hybridized carbons (Fsp3) is 0.776. The third-order valence-corrected chi connectivity index (χ3v) is 26.2. The summed E-state index contributed by atoms with van der Waals surface area (Å²) in [5.74, 6) is -20.3. The van der Waals surface area contributed by atoms with Gasteiger partial charge < -0.3 is 152 Å². The second kappa shape index (κ2) is 74.9. The van der Waals surface area contributed by atoms with Crippen LogP contribution < -0.4 is 152 Å². The van der Waals surface area contributed by atoms with Gasteiger partial charge in [-0.15, -0.1) is 0 Å². The lowest BCUT2D eigenvalue weighted by Crippen LogP contribution is -2.61. The number of nitrogens with two attached hydrogens (primary N) is 7. The van der Waals surface area contributed by atoms with Crippen LogP contribution in [0.3, 0.4) is 0 Å². The molecule has 0 spiro atoms. The van der Waals surface area contributed by atoms with Gasteiger partial charge in [0.15, 0.2) is 0 Å². The third-order valence-electron chi connectivity index (χ3n) is 26.2. The molecule has 0 aromatic heterocycles. The van der Waals surface area contributed by atoms with Crippen molar-refractivity contribution in [3.63, 3.8) is 0 Å². The highest BCUT2D eigenvalue weighted by molar-refractivity contribution is 6.02. The number of carbonyl (C=O) groups is 22. The van der Waals surface area contributed by atoms with E-state index in [0.29, 0.717) is 122 Å². The number of hydrogen-bond acceptors (Lipinski definition) is 28. The molecule has 0 saturated carbocycles. The number of rotatable bonds is 78. The summed E-state index contributed by atoms with van der Waals surface area (Å²) in [5.41, 5.74) is 39.9. The van der Waals surface area contributed by atoms with Gasteiger partial charge in [0.05, 0.1) is 19.6 Å². The normalized spacial score (nSPS) is 16.1. The molecule has 0 fully saturated rings. The Kier molecular flexibility index (Phi) is 68.9. The molecule has 24 atom stereocenters. The Morgan fingerprint density at radius 2 is 0.351 bits per heavy atom. The van der Waals surface area contributed by atoms with Crippen molar-refractivity contribution in [1.82, 2.24) is 112 Å². The second-order valence-electron chi connectivity index (χ2n) is 38.6. The van der Waals surface area contributed by atoms with Crippen molar-refractivity contribution in [1.29, 1.82) is 0 Å². The number of primary amides is 1. The molecule has 0 aromatic rings. The predicted molar refractivity (Wildman–Crippen MR) is 557 cm³/mol. The smallest absolute Gasteiger partial charge is 0.243 e. The van der Waals surface area contributed by atoms with Crippen LogP contribution in [0, 0.1) is 35.5 Å². The van der Waals surface area contributed by atoms with Gasteiger partial charge in [0.2, 0.25) is 130 Å². The molecule has 50 heteroatoms. The van der Waals surface area contributed by atoms with E-state index in [4.69, 9.17) is 40.1 Å². The van der Waals surface area contributed by atoms with E-state index in [-0.39, 0.29) is 71.2 Å². The average Bonchev–Trinajstić information content (AvgIpc) is 0.852. The Morgan fingerprint density at radius 1 is 0.189 bits per heavy atom. The van der Waals surface area contributed by atoms with E-state index in [1.807, 2.05) is 0 Å². The standard InChI is InChI=1S/C98H182N28O22/c1-20-53(7)75(93(143)109-59(13)81(105)131)122-88(138)67(39-27-33-45-100)116-72(128)50-107-83(133)61(15)111-95(145)77(55(9)22-3)125-91(141)70(42-30-36-48-103)119-86(136)64(18)114-98(148)80(58(12)25-6)124-90(140)69(41-29-35-47-102)118-74(130)52-108-84(134)62(16)112-96(146)78(56(10)23-4)126-92(142)71(43-31-37-49-104)120-85(135)63(17)113-97(147)79(57(11)24-5)123-89(139)68(40-28-34-46-101)117-73(129)51-106-82(132)60(14)110-94(144)76(54(8)21-2)121-87(137)66(115-65(19)127)38-26-32-44-99/h53-64,66-71,75-80H,20-52,99-104H2,1-19H3,(H2,105,131)(H,106,132)(H,107,133)(H,108,134)(H,109,143)(H,110,144)(H,111,145)(H,112,146)(H,113,147)(H,114,148)(H,115,127)(H,116,128)(H,117,129)(H,118,130)(H,119,136)(H,120,135)(H,121,137)(H,122,138)(H,123,139)(H,124,140)(H,125,141)(H,126,142)/t53-,54-,55-,56-,57-,58-,59-,60-,61-,62-,63-,64-,66-,67-,68-,69-,70-,71-,75-,76-,77-,78-,79-,80-/m0/s1. The zero-order valence-electron chi connectivity index (χ0n) is 90.7. The minimum absolute atomic E-state index is 0.0000524. The Bertz CT molecular complexity index is 4230. The van der Waals surface area contributed by atoms with E-state index in [1.165, 1.54) is 48.5 Å². The first-order valence-electron chi connectivity index (χ1n) is 52.6. The number of nitrogens with one attached hydrogen (secondary N) is 21. The summed E-state index contributed by atoms with van der Waals surface area (Å²) < 4.78 is 0. The van der Waals surface area contributed by atoms with Crippen LogP contribution in [0.5, 0.6) is 0 Å². The lowest BCUT2D eigenvalue weighted by molar-refractivity contribution is -0.136. The van der Waals surface area contributed by atoms with Gasteiger partial charge in [-0.05, 0) is 232 Å². The van der Waals surface area contributed by atoms with Crippen molar-refractivity contribution in [3.05, 3.63) is 0 Å². The quantitative estimate of drug-likeness (QED) is 0.0253. The molecule has 0 aromatic carbocycles. The average molecular weight is 2100 g/mol. The lowest BCUT2D eigenvalue weighted by atomic mass is 9.96. The molecule has 0 radical (unpaired) electrons. The van der Waals surface area contributed by atoms with Gasteiger partial charge >= 0.3 is 0 Å². The molecule has 0 bridgehead atoms. The summed E-state index contributed by atoms with van der Waals surface area (Å²) in [6, 6.07) is -22.6. The second-order valence-corrected chi connectivity index (χ2v) is 38.6. The van der Waals surface area contributed by atoms with Crippen LogP contribution in [0.15, 0.2) is 0 Å². The molecular formula is C98H182N28O22. The van der Waals surface area contributed by atoms with Gasteiger partial charge in [-0.25, -0.2) is 0 Å². The lowest BCUT2D eigenvalue weighted by Gasteiger charge is -2.29. The van der Waals surface area contributed by atoms with Crippen molar-refractivity contribution in [3.8, 4) is 0 Å².